The summed E-state index contributed by atoms with van der Waals surface area (Å²) in [4.78, 5) is 5.56. The van der Waals surface area contributed by atoms with Gasteiger partial charge in [0.1, 0.15) is 17.2 Å². The molecular weight excluding hydrogens is 248 g/mol. The molecular formula is C13H16N2O2S. The molecule has 2 rings (SSSR count). The molecule has 0 bridgehead atoms. The molecule has 0 aliphatic carbocycles. The fourth-order valence-electron chi connectivity index (χ4n) is 1.80. The van der Waals surface area contributed by atoms with E-state index >= 15 is 0 Å². The van der Waals surface area contributed by atoms with Gasteiger partial charge in [-0.25, -0.2) is 0 Å². The Bertz CT molecular complexity index is 513. The molecule has 0 spiro atoms. The van der Waals surface area contributed by atoms with Crippen LogP contribution in [-0.4, -0.2) is 26.3 Å². The number of pyridine rings is 1. The van der Waals surface area contributed by atoms with Crippen LogP contribution in [0.25, 0.3) is 0 Å². The fraction of sp³-hybridized carbons (Fsp3) is 0.308. The Balaban J connectivity index is 2.38. The van der Waals surface area contributed by atoms with Gasteiger partial charge >= 0.3 is 0 Å². The van der Waals surface area contributed by atoms with Crippen LogP contribution in [0.4, 0.5) is 0 Å². The van der Waals surface area contributed by atoms with E-state index in [1.54, 1.807) is 31.8 Å². The summed E-state index contributed by atoms with van der Waals surface area (Å²) >= 11 is 1.64. The minimum Gasteiger partial charge on any atom is -0.496 e. The lowest BCUT2D eigenvalue weighted by Crippen LogP contribution is -2.18. The van der Waals surface area contributed by atoms with Crippen LogP contribution >= 0.6 is 11.3 Å². The molecule has 0 aliphatic heterocycles. The highest BCUT2D eigenvalue weighted by Crippen LogP contribution is 2.33. The van der Waals surface area contributed by atoms with Crippen molar-refractivity contribution in [2.75, 3.05) is 21.3 Å². The Morgan fingerprint density at radius 2 is 2.17 bits per heavy atom. The topological polar surface area (TPSA) is 43.4 Å². The lowest BCUT2D eigenvalue weighted by molar-refractivity contribution is 0.401. The molecule has 0 fully saturated rings. The first kappa shape index (κ1) is 12.9. The summed E-state index contributed by atoms with van der Waals surface area (Å²) in [6.07, 6.45) is 1.77. The molecule has 2 heterocycles. The van der Waals surface area contributed by atoms with Gasteiger partial charge in [-0.15, -0.1) is 11.3 Å². The number of nitrogens with zero attached hydrogens (tertiary/aromatic N) is 1. The van der Waals surface area contributed by atoms with Crippen LogP contribution in [0.2, 0.25) is 0 Å². The van der Waals surface area contributed by atoms with Crippen molar-refractivity contribution in [1.29, 1.82) is 0 Å². The van der Waals surface area contributed by atoms with E-state index in [0.29, 0.717) is 0 Å². The number of thiophene rings is 1. The average Bonchev–Trinajstić information content (AvgIpc) is 2.89. The van der Waals surface area contributed by atoms with Crippen LogP contribution in [0.5, 0.6) is 11.5 Å². The molecule has 2 aromatic rings. The third-order valence-electron chi connectivity index (χ3n) is 2.70. The van der Waals surface area contributed by atoms with Crippen molar-refractivity contribution < 1.29 is 9.47 Å². The van der Waals surface area contributed by atoms with E-state index in [4.69, 9.17) is 9.47 Å². The standard InChI is InChI=1S/C13H16N2O2S/c1-14-13(11-7-9(16-2)8-18-11)12-10(17-3)5-4-6-15-12/h4-8,13-14H,1-3H3. The predicted octanol–water partition coefficient (Wildman–Crippen LogP) is 2.47. The highest BCUT2D eigenvalue weighted by atomic mass is 32.1. The van der Waals surface area contributed by atoms with E-state index in [1.165, 1.54) is 0 Å². The quantitative estimate of drug-likeness (QED) is 0.901. The Morgan fingerprint density at radius 1 is 1.33 bits per heavy atom. The molecule has 1 N–H and O–H groups in total. The summed E-state index contributed by atoms with van der Waals surface area (Å²) in [5, 5.41) is 5.24. The van der Waals surface area contributed by atoms with Crippen LogP contribution < -0.4 is 14.8 Å². The molecule has 2 aromatic heterocycles. The number of hydrogen-bond donors (Lipinski definition) is 1. The zero-order chi connectivity index (χ0) is 13.0. The molecule has 4 nitrogen and oxygen atoms in total. The van der Waals surface area contributed by atoms with Gasteiger partial charge in [0.2, 0.25) is 0 Å². The normalized spacial score (nSPS) is 12.2. The third kappa shape index (κ3) is 2.47. The number of aromatic nitrogens is 1. The Hall–Kier alpha value is -1.59. The molecule has 1 atom stereocenters. The maximum absolute atomic E-state index is 5.35. The van der Waals surface area contributed by atoms with Gasteiger partial charge in [0.15, 0.2) is 0 Å². The van der Waals surface area contributed by atoms with Gasteiger partial charge in [0, 0.05) is 16.5 Å². The minimum atomic E-state index is 0.00931. The number of ether oxygens (including phenoxy) is 2. The summed E-state index contributed by atoms with van der Waals surface area (Å²) in [6.45, 7) is 0. The van der Waals surface area contributed by atoms with Gasteiger partial charge in [0.25, 0.3) is 0 Å². The number of nitrogens with one attached hydrogen (secondary N) is 1. The lowest BCUT2D eigenvalue weighted by atomic mass is 10.1. The van der Waals surface area contributed by atoms with E-state index in [0.717, 1.165) is 22.1 Å². The van der Waals surface area contributed by atoms with Crippen molar-refractivity contribution in [3.63, 3.8) is 0 Å². The molecule has 1 unspecified atom stereocenters. The van der Waals surface area contributed by atoms with Crippen molar-refractivity contribution in [1.82, 2.24) is 10.3 Å². The van der Waals surface area contributed by atoms with E-state index in [9.17, 15) is 0 Å². The first-order valence-electron chi connectivity index (χ1n) is 5.58. The molecule has 0 saturated carbocycles. The predicted molar refractivity (Wildman–Crippen MR) is 72.6 cm³/mol. The smallest absolute Gasteiger partial charge is 0.142 e. The second kappa shape index (κ2) is 5.84. The van der Waals surface area contributed by atoms with Crippen molar-refractivity contribution in [2.45, 2.75) is 6.04 Å². The largest absolute Gasteiger partial charge is 0.496 e. The van der Waals surface area contributed by atoms with Crippen molar-refractivity contribution >= 4 is 11.3 Å². The van der Waals surface area contributed by atoms with Gasteiger partial charge in [-0.3, -0.25) is 4.98 Å². The zero-order valence-electron chi connectivity index (χ0n) is 10.6. The minimum absolute atomic E-state index is 0.00931. The average molecular weight is 264 g/mol. The monoisotopic (exact) mass is 264 g/mol. The molecule has 0 aromatic carbocycles. The summed E-state index contributed by atoms with van der Waals surface area (Å²) in [5.41, 5.74) is 0.881. The van der Waals surface area contributed by atoms with E-state index in [1.807, 2.05) is 30.6 Å². The third-order valence-corrected chi connectivity index (χ3v) is 3.67. The molecule has 5 heteroatoms. The molecule has 0 radical (unpaired) electrons. The first-order valence-corrected chi connectivity index (χ1v) is 6.46. The van der Waals surface area contributed by atoms with Gasteiger partial charge in [-0.05, 0) is 25.2 Å². The van der Waals surface area contributed by atoms with Gasteiger partial charge < -0.3 is 14.8 Å². The number of hydrogen-bond acceptors (Lipinski definition) is 5. The first-order chi connectivity index (χ1) is 8.80. The summed E-state index contributed by atoms with van der Waals surface area (Å²) in [5.74, 6) is 1.65. The van der Waals surface area contributed by atoms with Crippen molar-refractivity contribution in [3.8, 4) is 11.5 Å². The SMILES string of the molecule is CNC(c1cc(OC)cs1)c1ncccc1OC. The van der Waals surface area contributed by atoms with Crippen LogP contribution in [0.15, 0.2) is 29.8 Å². The van der Waals surface area contributed by atoms with Crippen molar-refractivity contribution in [3.05, 3.63) is 40.3 Å². The molecule has 0 saturated heterocycles. The maximum Gasteiger partial charge on any atom is 0.142 e. The second-order valence-corrected chi connectivity index (χ2v) is 4.64. The van der Waals surface area contributed by atoms with Gasteiger partial charge in [-0.1, -0.05) is 0 Å². The van der Waals surface area contributed by atoms with Crippen LogP contribution in [0.3, 0.4) is 0 Å². The zero-order valence-corrected chi connectivity index (χ0v) is 11.5. The second-order valence-electron chi connectivity index (χ2n) is 3.70. The summed E-state index contributed by atoms with van der Waals surface area (Å²) in [6, 6.07) is 5.80. The number of rotatable bonds is 5. The van der Waals surface area contributed by atoms with Crippen molar-refractivity contribution in [2.24, 2.45) is 0 Å². The van der Waals surface area contributed by atoms with Crippen LogP contribution in [-0.2, 0) is 0 Å². The Morgan fingerprint density at radius 3 is 2.78 bits per heavy atom. The molecule has 96 valence electrons. The van der Waals surface area contributed by atoms with Gasteiger partial charge in [-0.2, -0.15) is 0 Å². The van der Waals surface area contributed by atoms with E-state index < -0.39 is 0 Å². The molecule has 0 aliphatic rings. The lowest BCUT2D eigenvalue weighted by Gasteiger charge is -2.16. The van der Waals surface area contributed by atoms with E-state index in [-0.39, 0.29) is 6.04 Å². The Labute approximate surface area is 111 Å². The fourth-order valence-corrected chi connectivity index (χ4v) is 2.76. The Kier molecular flexibility index (Phi) is 4.17. The number of methoxy groups -OCH3 is 2. The van der Waals surface area contributed by atoms with Crippen LogP contribution in [0.1, 0.15) is 16.6 Å². The van der Waals surface area contributed by atoms with E-state index in [2.05, 4.69) is 10.3 Å². The van der Waals surface area contributed by atoms with Gasteiger partial charge in [0.05, 0.1) is 20.3 Å². The molecule has 18 heavy (non-hydrogen) atoms. The maximum atomic E-state index is 5.35. The highest BCUT2D eigenvalue weighted by molar-refractivity contribution is 7.10. The van der Waals surface area contributed by atoms with Crippen LogP contribution in [0, 0.1) is 0 Å². The highest BCUT2D eigenvalue weighted by Gasteiger charge is 2.19. The molecule has 0 amide bonds. The summed E-state index contributed by atoms with van der Waals surface area (Å²) in [7, 11) is 5.23. The summed E-state index contributed by atoms with van der Waals surface area (Å²) < 4.78 is 10.6.